The van der Waals surface area contributed by atoms with E-state index in [0.717, 1.165) is 5.69 Å². The third-order valence-corrected chi connectivity index (χ3v) is 1.15. The molecule has 0 atom stereocenters. The van der Waals surface area contributed by atoms with Gasteiger partial charge in [-0.15, -0.1) is 0 Å². The fraction of sp³-hybridized carbons (Fsp3) is 0. The maximum atomic E-state index is 5.14. The molecule has 0 aliphatic heterocycles. The van der Waals surface area contributed by atoms with Gasteiger partial charge >= 0.3 is 28.2 Å². The normalized spacial score (nSPS) is 9.07. The predicted octanol–water partition coefficient (Wildman–Crippen LogP) is 0.936. The zero-order chi connectivity index (χ0) is 10.8. The standard InChI is InChI=1S/C7H8N4S.ClH.Pt/c8-7(12)11-10-5-6-3-1-2-4-9-6;;/h1-5H,(H3,8,11,12);1H;/q;;+1/p-1. The second kappa shape index (κ2) is 9.06. The Morgan fingerprint density at radius 2 is 2.36 bits per heavy atom. The van der Waals surface area contributed by atoms with Crippen LogP contribution < -0.4 is 11.2 Å². The van der Waals surface area contributed by atoms with Gasteiger partial charge in [0.15, 0.2) is 5.11 Å². The molecule has 14 heavy (non-hydrogen) atoms. The molecule has 0 aliphatic carbocycles. The molecule has 1 rings (SSSR count). The molecule has 1 heterocycles. The van der Waals surface area contributed by atoms with Crippen LogP contribution in [0.3, 0.4) is 0 Å². The van der Waals surface area contributed by atoms with Crippen molar-refractivity contribution in [2.75, 3.05) is 0 Å². The van der Waals surface area contributed by atoms with E-state index < -0.39 is 0 Å². The summed E-state index contributed by atoms with van der Waals surface area (Å²) < 4.78 is 0. The molecule has 0 bridgehead atoms. The van der Waals surface area contributed by atoms with Gasteiger partial charge in [0.25, 0.3) is 0 Å². The Morgan fingerprint density at radius 3 is 2.86 bits per heavy atom. The average molecular weight is 411 g/mol. The summed E-state index contributed by atoms with van der Waals surface area (Å²) in [5.74, 6) is 0. The van der Waals surface area contributed by atoms with Crippen LogP contribution in [-0.2, 0) is 18.8 Å². The van der Waals surface area contributed by atoms with Crippen molar-refractivity contribution in [3.05, 3.63) is 30.1 Å². The van der Waals surface area contributed by atoms with Gasteiger partial charge < -0.3 is 5.73 Å². The fourth-order valence-electron chi connectivity index (χ4n) is 0.614. The zero-order valence-electron chi connectivity index (χ0n) is 6.96. The Balaban J connectivity index is 0.000000791. The number of nitrogens with one attached hydrogen (secondary N) is 1. The van der Waals surface area contributed by atoms with Crippen LogP contribution in [0.5, 0.6) is 0 Å². The molecule has 1 aromatic heterocycles. The Morgan fingerprint density at radius 1 is 1.64 bits per heavy atom. The number of hydrogen-bond donors (Lipinski definition) is 2. The Labute approximate surface area is 103 Å². The first kappa shape index (κ1) is 13.5. The first-order chi connectivity index (χ1) is 6.79. The van der Waals surface area contributed by atoms with Crippen LogP contribution >= 0.6 is 21.6 Å². The second-order valence-electron chi connectivity index (χ2n) is 1.99. The fourth-order valence-corrected chi connectivity index (χ4v) is 0.667. The number of rotatable bonds is 2. The van der Waals surface area contributed by atoms with E-state index in [2.05, 4.69) is 37.1 Å². The monoisotopic (exact) mass is 410 g/mol. The van der Waals surface area contributed by atoms with Gasteiger partial charge in [0.2, 0.25) is 0 Å². The zero-order valence-corrected chi connectivity index (χ0v) is 10.8. The van der Waals surface area contributed by atoms with Crippen molar-refractivity contribution in [1.29, 1.82) is 0 Å². The van der Waals surface area contributed by atoms with Gasteiger partial charge in [-0.3, -0.25) is 10.4 Å². The van der Waals surface area contributed by atoms with Crippen LogP contribution in [0.1, 0.15) is 5.69 Å². The van der Waals surface area contributed by atoms with E-state index in [9.17, 15) is 0 Å². The Bertz CT molecular complexity index is 293. The van der Waals surface area contributed by atoms with Crippen molar-refractivity contribution in [3.8, 4) is 0 Å². The van der Waals surface area contributed by atoms with E-state index in [1.807, 2.05) is 18.2 Å². The van der Waals surface area contributed by atoms with Crippen molar-refractivity contribution in [1.82, 2.24) is 10.4 Å². The number of nitrogens with two attached hydrogens (primary N) is 1. The number of halogens is 1. The molecule has 0 fully saturated rings. The summed E-state index contributed by atoms with van der Waals surface area (Å²) in [6.45, 7) is 0. The van der Waals surface area contributed by atoms with E-state index in [4.69, 9.17) is 5.73 Å². The third kappa shape index (κ3) is 6.95. The van der Waals surface area contributed by atoms with Crippen LogP contribution in [0.25, 0.3) is 0 Å². The van der Waals surface area contributed by atoms with Crippen LogP contribution in [-0.4, -0.2) is 16.3 Å². The molecule has 0 spiro atoms. The second-order valence-corrected chi connectivity index (χ2v) is 2.43. The van der Waals surface area contributed by atoms with Crippen molar-refractivity contribution in [2.45, 2.75) is 0 Å². The SMILES string of the molecule is NC(=S)NN=Cc1ccccn1.[Cl][Pt]. The summed E-state index contributed by atoms with van der Waals surface area (Å²) >= 11 is 6.15. The van der Waals surface area contributed by atoms with Gasteiger partial charge in [-0.2, -0.15) is 5.10 Å². The van der Waals surface area contributed by atoms with E-state index in [1.165, 1.54) is 0 Å². The molecule has 0 amide bonds. The summed E-state index contributed by atoms with van der Waals surface area (Å²) in [4.78, 5) is 4.00. The average Bonchev–Trinajstić information content (AvgIpc) is 2.22. The molecule has 0 saturated carbocycles. The van der Waals surface area contributed by atoms with Crippen molar-refractivity contribution < 1.29 is 18.8 Å². The Kier molecular flexibility index (Phi) is 8.73. The van der Waals surface area contributed by atoms with E-state index in [-0.39, 0.29) is 5.11 Å². The molecule has 7 heteroatoms. The molecule has 0 aromatic carbocycles. The molecule has 4 nitrogen and oxygen atoms in total. The number of nitrogens with zero attached hydrogens (tertiary/aromatic N) is 2. The molecule has 0 aliphatic rings. The quantitative estimate of drug-likeness (QED) is 0.433. The van der Waals surface area contributed by atoms with Crippen LogP contribution in [0.15, 0.2) is 29.5 Å². The van der Waals surface area contributed by atoms with Crippen molar-refractivity contribution in [3.63, 3.8) is 0 Å². The van der Waals surface area contributed by atoms with Gasteiger partial charge in [0.1, 0.15) is 0 Å². The Hall–Kier alpha value is -0.512. The summed E-state index contributed by atoms with van der Waals surface area (Å²) in [7, 11) is 4.61. The number of thiocarbonyl (C=S) groups is 1. The van der Waals surface area contributed by atoms with Gasteiger partial charge in [-0.05, 0) is 24.4 Å². The third-order valence-electron chi connectivity index (χ3n) is 1.06. The number of hydrazone groups is 1. The van der Waals surface area contributed by atoms with Gasteiger partial charge in [-0.1, -0.05) is 6.07 Å². The summed E-state index contributed by atoms with van der Waals surface area (Å²) in [6, 6.07) is 5.53. The topological polar surface area (TPSA) is 63.3 Å². The molecular weight excluding hydrogens is 403 g/mol. The van der Waals surface area contributed by atoms with Crippen molar-refractivity contribution in [2.24, 2.45) is 10.8 Å². The van der Waals surface area contributed by atoms with Gasteiger partial charge in [-0.25, -0.2) is 0 Å². The number of aromatic nitrogens is 1. The maximum absolute atomic E-state index is 5.14. The van der Waals surface area contributed by atoms with Crippen LogP contribution in [0.4, 0.5) is 0 Å². The summed E-state index contributed by atoms with van der Waals surface area (Å²) in [5, 5.41) is 3.88. The van der Waals surface area contributed by atoms with Gasteiger partial charge in [0.05, 0.1) is 11.9 Å². The van der Waals surface area contributed by atoms with Crippen molar-refractivity contribution >= 4 is 33.0 Å². The molecule has 0 saturated heterocycles. The first-order valence-corrected chi connectivity index (χ1v) is 6.63. The minimum atomic E-state index is 0.141. The molecule has 0 unspecified atom stereocenters. The number of hydrogen-bond acceptors (Lipinski definition) is 3. The predicted molar refractivity (Wildman–Crippen MR) is 57.6 cm³/mol. The summed E-state index contributed by atoms with van der Waals surface area (Å²) in [5.41, 5.74) is 8.33. The molecule has 1 aromatic rings. The molecular formula is C7H8ClN4PtS. The molecule has 0 radical (unpaired) electrons. The van der Waals surface area contributed by atoms with Crippen LogP contribution in [0.2, 0.25) is 0 Å². The number of pyridine rings is 1. The van der Waals surface area contributed by atoms with Crippen LogP contribution in [0, 0.1) is 0 Å². The molecule has 79 valence electrons. The van der Waals surface area contributed by atoms with E-state index in [0.29, 0.717) is 0 Å². The van der Waals surface area contributed by atoms with E-state index in [1.54, 1.807) is 31.2 Å². The summed E-state index contributed by atoms with van der Waals surface area (Å²) in [6.07, 6.45) is 3.22. The minimum absolute atomic E-state index is 0.141. The first-order valence-electron chi connectivity index (χ1n) is 3.40. The van der Waals surface area contributed by atoms with Gasteiger partial charge in [0, 0.05) is 6.20 Å². The van der Waals surface area contributed by atoms with E-state index >= 15 is 0 Å². The molecule has 3 N–H and O–H groups in total.